The molecule has 0 aliphatic carbocycles. The zero-order valence-corrected chi connectivity index (χ0v) is 18.5. The van der Waals surface area contributed by atoms with Crippen LogP contribution in [-0.2, 0) is 22.6 Å². The Balaban J connectivity index is 1.91. The number of nitrogens with zero attached hydrogens (tertiary/aromatic N) is 2. The highest BCUT2D eigenvalue weighted by Gasteiger charge is 2.33. The van der Waals surface area contributed by atoms with Crippen molar-refractivity contribution in [2.24, 2.45) is 0 Å². The van der Waals surface area contributed by atoms with Crippen LogP contribution in [0.1, 0.15) is 18.1 Å². The second-order valence-corrected chi connectivity index (χ2v) is 8.05. The average Bonchev–Trinajstić information content (AvgIpc) is 2.93. The molecule has 1 aliphatic rings. The number of likely N-dealkylation sites (N-methyl/N-ethyl adjacent to an activating group) is 1. The number of hydrogen-bond donors (Lipinski definition) is 1. The predicted molar refractivity (Wildman–Crippen MR) is 122 cm³/mol. The minimum atomic E-state index is -0.666. The largest absolute Gasteiger partial charge is 0.491 e. The Morgan fingerprint density at radius 3 is 2.58 bits per heavy atom. The maximum atomic E-state index is 13.8. The van der Waals surface area contributed by atoms with E-state index in [0.29, 0.717) is 26.1 Å². The molecule has 2 aromatic carbocycles. The van der Waals surface area contributed by atoms with Crippen LogP contribution >= 0.6 is 0 Å². The van der Waals surface area contributed by atoms with Crippen molar-refractivity contribution in [3.63, 3.8) is 0 Å². The summed E-state index contributed by atoms with van der Waals surface area (Å²) in [5, 5.41) is 2.91. The molecule has 1 heterocycles. The maximum Gasteiger partial charge on any atom is 0.246 e. The van der Waals surface area contributed by atoms with Gasteiger partial charge in [0.1, 0.15) is 18.4 Å². The van der Waals surface area contributed by atoms with Crippen molar-refractivity contribution in [2.75, 3.05) is 27.2 Å². The van der Waals surface area contributed by atoms with E-state index in [-0.39, 0.29) is 17.9 Å². The van der Waals surface area contributed by atoms with Gasteiger partial charge in [-0.1, -0.05) is 54.6 Å². The molecular formula is C25H31N3O3. The number of ether oxygens (including phenoxy) is 1. The summed E-state index contributed by atoms with van der Waals surface area (Å²) in [5.74, 6) is 0.431. The molecule has 1 aliphatic heterocycles. The second-order valence-electron chi connectivity index (χ2n) is 8.05. The van der Waals surface area contributed by atoms with Crippen LogP contribution in [0.25, 0.3) is 0 Å². The number of hydrogen-bond acceptors (Lipinski definition) is 4. The fraction of sp³-hybridized carbons (Fsp3) is 0.360. The molecule has 0 bridgehead atoms. The molecule has 6 nitrogen and oxygen atoms in total. The Hall–Kier alpha value is -3.12. The first-order valence-corrected chi connectivity index (χ1v) is 10.6. The SMILES string of the molecule is C/C=C/C(=O)N[C@@H](Cc1ccccc1)C(=O)N1Cc2ccccc2OC[C@H]1CN(C)C. The highest BCUT2D eigenvalue weighted by Crippen LogP contribution is 2.26. The number of benzene rings is 2. The normalized spacial score (nSPS) is 17.0. The van der Waals surface area contributed by atoms with E-state index in [0.717, 1.165) is 16.9 Å². The Kier molecular flexibility index (Phi) is 7.84. The van der Waals surface area contributed by atoms with E-state index >= 15 is 0 Å². The molecule has 2 atom stereocenters. The summed E-state index contributed by atoms with van der Waals surface area (Å²) in [5.41, 5.74) is 1.97. The molecule has 0 aromatic heterocycles. The van der Waals surface area contributed by atoms with E-state index in [4.69, 9.17) is 4.74 Å². The molecule has 0 radical (unpaired) electrons. The minimum Gasteiger partial charge on any atom is -0.491 e. The molecule has 2 amide bonds. The predicted octanol–water partition coefficient (Wildman–Crippen LogP) is 2.64. The van der Waals surface area contributed by atoms with Crippen LogP contribution in [0.3, 0.4) is 0 Å². The van der Waals surface area contributed by atoms with Gasteiger partial charge in [0.2, 0.25) is 11.8 Å². The third-order valence-corrected chi connectivity index (χ3v) is 5.26. The molecule has 0 saturated carbocycles. The molecule has 2 aromatic rings. The van der Waals surface area contributed by atoms with Crippen LogP contribution in [0, 0.1) is 0 Å². The van der Waals surface area contributed by atoms with E-state index in [9.17, 15) is 9.59 Å². The molecule has 0 unspecified atom stereocenters. The number of para-hydroxylation sites is 1. The van der Waals surface area contributed by atoms with E-state index in [1.807, 2.05) is 73.6 Å². The molecule has 0 fully saturated rings. The first-order valence-electron chi connectivity index (χ1n) is 10.6. The Labute approximate surface area is 184 Å². The van der Waals surface area contributed by atoms with Gasteiger partial charge in [0.05, 0.1) is 6.04 Å². The zero-order valence-electron chi connectivity index (χ0n) is 18.5. The van der Waals surface area contributed by atoms with Gasteiger partial charge in [-0.05, 0) is 38.7 Å². The number of allylic oxidation sites excluding steroid dienone is 1. The van der Waals surface area contributed by atoms with Crippen molar-refractivity contribution in [2.45, 2.75) is 32.0 Å². The molecule has 0 saturated heterocycles. The Morgan fingerprint density at radius 1 is 1.16 bits per heavy atom. The third kappa shape index (κ3) is 6.18. The maximum absolute atomic E-state index is 13.8. The van der Waals surface area contributed by atoms with Gasteiger partial charge in [0.25, 0.3) is 0 Å². The number of nitrogens with one attached hydrogen (secondary N) is 1. The third-order valence-electron chi connectivity index (χ3n) is 5.26. The molecular weight excluding hydrogens is 390 g/mol. The lowest BCUT2D eigenvalue weighted by Crippen LogP contribution is -2.55. The lowest BCUT2D eigenvalue weighted by Gasteiger charge is -2.34. The summed E-state index contributed by atoms with van der Waals surface area (Å²) in [4.78, 5) is 30.1. The number of carbonyl (C=O) groups excluding carboxylic acids is 2. The molecule has 31 heavy (non-hydrogen) atoms. The van der Waals surface area contributed by atoms with Crippen molar-refractivity contribution < 1.29 is 14.3 Å². The quantitative estimate of drug-likeness (QED) is 0.699. The number of fused-ring (bicyclic) bond motifs is 1. The van der Waals surface area contributed by atoms with Crippen LogP contribution < -0.4 is 10.1 Å². The van der Waals surface area contributed by atoms with Crippen molar-refractivity contribution in [3.8, 4) is 5.75 Å². The van der Waals surface area contributed by atoms with E-state index in [2.05, 4.69) is 10.2 Å². The Bertz CT molecular complexity index is 911. The molecule has 6 heteroatoms. The lowest BCUT2D eigenvalue weighted by atomic mass is 10.0. The van der Waals surface area contributed by atoms with Crippen LogP contribution in [0.15, 0.2) is 66.7 Å². The van der Waals surface area contributed by atoms with Crippen LogP contribution in [-0.4, -0.2) is 60.9 Å². The fourth-order valence-corrected chi connectivity index (χ4v) is 3.82. The highest BCUT2D eigenvalue weighted by atomic mass is 16.5. The van der Waals surface area contributed by atoms with E-state index < -0.39 is 6.04 Å². The summed E-state index contributed by atoms with van der Waals surface area (Å²) >= 11 is 0. The van der Waals surface area contributed by atoms with Gasteiger partial charge in [0, 0.05) is 25.1 Å². The summed E-state index contributed by atoms with van der Waals surface area (Å²) in [7, 11) is 3.96. The number of amides is 2. The number of rotatable bonds is 7. The smallest absolute Gasteiger partial charge is 0.246 e. The minimum absolute atomic E-state index is 0.103. The van der Waals surface area contributed by atoms with Gasteiger partial charge in [0.15, 0.2) is 0 Å². The molecule has 0 spiro atoms. The lowest BCUT2D eigenvalue weighted by molar-refractivity contribution is -0.139. The Morgan fingerprint density at radius 2 is 1.87 bits per heavy atom. The van der Waals surface area contributed by atoms with Gasteiger partial charge < -0.3 is 19.9 Å². The van der Waals surface area contributed by atoms with Crippen LogP contribution in [0.5, 0.6) is 5.75 Å². The summed E-state index contributed by atoms with van der Waals surface area (Å²) in [6.07, 6.45) is 3.55. The summed E-state index contributed by atoms with van der Waals surface area (Å²) in [6.45, 7) is 3.30. The van der Waals surface area contributed by atoms with Crippen molar-refractivity contribution in [1.82, 2.24) is 15.1 Å². The van der Waals surface area contributed by atoms with Crippen LogP contribution in [0.4, 0.5) is 0 Å². The van der Waals surface area contributed by atoms with E-state index in [1.165, 1.54) is 6.08 Å². The van der Waals surface area contributed by atoms with Gasteiger partial charge in [-0.3, -0.25) is 9.59 Å². The monoisotopic (exact) mass is 421 g/mol. The average molecular weight is 422 g/mol. The standard InChI is InChI=1S/C25H31N3O3/c1-4-10-24(29)26-22(15-19-11-6-5-7-12-19)25(30)28-16-20-13-8-9-14-23(20)31-18-21(28)17-27(2)3/h4-14,21-22H,15-18H2,1-3H3,(H,26,29)/b10-4+/t21-,22+/m1/s1. The first-order chi connectivity index (χ1) is 15.0. The van der Waals surface area contributed by atoms with E-state index in [1.54, 1.807) is 13.0 Å². The molecule has 1 N–H and O–H groups in total. The van der Waals surface area contributed by atoms with Crippen molar-refractivity contribution in [3.05, 3.63) is 77.9 Å². The molecule has 3 rings (SSSR count). The summed E-state index contributed by atoms with van der Waals surface area (Å²) in [6, 6.07) is 16.8. The topological polar surface area (TPSA) is 61.9 Å². The van der Waals surface area contributed by atoms with Gasteiger partial charge in [-0.25, -0.2) is 0 Å². The van der Waals surface area contributed by atoms with Crippen molar-refractivity contribution in [1.29, 1.82) is 0 Å². The fourth-order valence-electron chi connectivity index (χ4n) is 3.82. The van der Waals surface area contributed by atoms with Gasteiger partial charge in [-0.15, -0.1) is 0 Å². The van der Waals surface area contributed by atoms with Gasteiger partial charge >= 0.3 is 0 Å². The summed E-state index contributed by atoms with van der Waals surface area (Å²) < 4.78 is 6.04. The van der Waals surface area contributed by atoms with Crippen molar-refractivity contribution >= 4 is 11.8 Å². The number of carbonyl (C=O) groups is 2. The van der Waals surface area contributed by atoms with Gasteiger partial charge in [-0.2, -0.15) is 0 Å². The highest BCUT2D eigenvalue weighted by molar-refractivity contribution is 5.93. The second kappa shape index (κ2) is 10.8. The first kappa shape index (κ1) is 22.6. The van der Waals surface area contributed by atoms with Crippen LogP contribution in [0.2, 0.25) is 0 Å². The zero-order chi connectivity index (χ0) is 22.2. The molecule has 164 valence electrons.